The van der Waals surface area contributed by atoms with E-state index in [0.29, 0.717) is 6.04 Å². The molecule has 0 aromatic carbocycles. The van der Waals surface area contributed by atoms with E-state index < -0.39 is 0 Å². The highest BCUT2D eigenvalue weighted by Crippen LogP contribution is 2.20. The maximum atomic E-state index is 5.34. The summed E-state index contributed by atoms with van der Waals surface area (Å²) in [6, 6.07) is 0.548. The molecule has 2 rings (SSSR count). The van der Waals surface area contributed by atoms with Gasteiger partial charge in [0.15, 0.2) is 5.11 Å². The number of hydrogen-bond donors (Lipinski definition) is 2. The van der Waals surface area contributed by atoms with E-state index in [9.17, 15) is 0 Å². The lowest BCUT2D eigenvalue weighted by atomic mass is 10.2. The molecule has 0 atom stereocenters. The predicted octanol–water partition coefficient (Wildman–Crippen LogP) is 2.27. The van der Waals surface area contributed by atoms with Gasteiger partial charge in [0.25, 0.3) is 0 Å². The Morgan fingerprint density at radius 1 is 1.35 bits per heavy atom. The lowest BCUT2D eigenvalue weighted by Gasteiger charge is -2.15. The topological polar surface area (TPSA) is 41.9 Å². The quantitative estimate of drug-likeness (QED) is 0.792. The summed E-state index contributed by atoms with van der Waals surface area (Å²) in [5, 5.41) is 11.7. The molecule has 1 aromatic heterocycles. The molecule has 0 aliphatic heterocycles. The summed E-state index contributed by atoms with van der Waals surface area (Å²) in [5.74, 6) is 0. The Morgan fingerprint density at radius 2 is 2.00 bits per heavy atom. The first-order chi connectivity index (χ1) is 8.08. The van der Waals surface area contributed by atoms with E-state index in [-0.39, 0.29) is 0 Å². The normalized spacial score (nSPS) is 16.2. The molecular weight excluding hydrogens is 232 g/mol. The highest BCUT2D eigenvalue weighted by Gasteiger charge is 2.17. The van der Waals surface area contributed by atoms with Gasteiger partial charge in [0.2, 0.25) is 0 Å². The maximum absolute atomic E-state index is 5.34. The first kappa shape index (κ1) is 12.4. The number of rotatable bonds is 2. The maximum Gasteiger partial charge on any atom is 0.171 e. The Morgan fingerprint density at radius 3 is 2.53 bits per heavy atom. The molecule has 0 spiro atoms. The second kappa shape index (κ2) is 5.04. The zero-order chi connectivity index (χ0) is 12.4. The van der Waals surface area contributed by atoms with E-state index in [1.807, 2.05) is 25.6 Å². The number of hydrogen-bond acceptors (Lipinski definition) is 2. The van der Waals surface area contributed by atoms with Gasteiger partial charge in [-0.1, -0.05) is 12.8 Å². The smallest absolute Gasteiger partial charge is 0.171 e. The summed E-state index contributed by atoms with van der Waals surface area (Å²) in [5.41, 5.74) is 3.13. The Kier molecular flexibility index (Phi) is 3.66. The van der Waals surface area contributed by atoms with E-state index in [4.69, 9.17) is 12.2 Å². The third-order valence-electron chi connectivity index (χ3n) is 3.44. The molecule has 1 saturated carbocycles. The molecule has 1 heterocycles. The zero-order valence-electron chi connectivity index (χ0n) is 10.7. The minimum absolute atomic E-state index is 0.548. The second-order valence-electron chi connectivity index (χ2n) is 4.75. The van der Waals surface area contributed by atoms with E-state index in [1.165, 1.54) is 25.7 Å². The molecule has 1 aliphatic rings. The summed E-state index contributed by atoms with van der Waals surface area (Å²) in [6.07, 6.45) is 5.08. The van der Waals surface area contributed by atoms with Crippen molar-refractivity contribution in [1.82, 2.24) is 15.1 Å². The predicted molar refractivity (Wildman–Crippen MR) is 74.3 cm³/mol. The molecule has 4 nitrogen and oxygen atoms in total. The summed E-state index contributed by atoms with van der Waals surface area (Å²) in [6.45, 7) is 4.04. The average molecular weight is 252 g/mol. The number of anilines is 1. The first-order valence-corrected chi connectivity index (χ1v) is 6.56. The van der Waals surface area contributed by atoms with Crippen molar-refractivity contribution in [2.75, 3.05) is 5.32 Å². The SMILES string of the molecule is Cc1nn(C)c(C)c1NC(=S)NC1CCCC1. The second-order valence-corrected chi connectivity index (χ2v) is 5.16. The summed E-state index contributed by atoms with van der Waals surface area (Å²) in [4.78, 5) is 0. The minimum Gasteiger partial charge on any atom is -0.360 e. The van der Waals surface area contributed by atoms with Gasteiger partial charge in [-0.3, -0.25) is 4.68 Å². The molecule has 94 valence electrons. The fraction of sp³-hybridized carbons (Fsp3) is 0.667. The first-order valence-electron chi connectivity index (χ1n) is 6.15. The van der Waals surface area contributed by atoms with Crippen LogP contribution in [-0.4, -0.2) is 20.9 Å². The Balaban J connectivity index is 1.97. The molecule has 1 aromatic rings. The largest absolute Gasteiger partial charge is 0.360 e. The van der Waals surface area contributed by atoms with E-state index in [1.54, 1.807) is 0 Å². The third-order valence-corrected chi connectivity index (χ3v) is 3.66. The molecule has 5 heteroatoms. The van der Waals surface area contributed by atoms with Gasteiger partial charge in [0.05, 0.1) is 17.1 Å². The average Bonchev–Trinajstić information content (AvgIpc) is 2.83. The van der Waals surface area contributed by atoms with Gasteiger partial charge < -0.3 is 10.6 Å². The molecule has 0 unspecified atom stereocenters. The van der Waals surface area contributed by atoms with Crippen LogP contribution >= 0.6 is 12.2 Å². The summed E-state index contributed by atoms with van der Waals surface area (Å²) < 4.78 is 1.87. The molecule has 1 aliphatic carbocycles. The van der Waals surface area contributed by atoms with Crippen LogP contribution in [0.3, 0.4) is 0 Å². The molecule has 0 amide bonds. The van der Waals surface area contributed by atoms with Crippen molar-refractivity contribution >= 4 is 23.0 Å². The van der Waals surface area contributed by atoms with Crippen LogP contribution in [0.2, 0.25) is 0 Å². The molecule has 0 radical (unpaired) electrons. The lowest BCUT2D eigenvalue weighted by Crippen LogP contribution is -2.36. The molecule has 17 heavy (non-hydrogen) atoms. The molecule has 2 N–H and O–H groups in total. The van der Waals surface area contributed by atoms with Crippen molar-refractivity contribution in [2.45, 2.75) is 45.6 Å². The van der Waals surface area contributed by atoms with Crippen LogP contribution in [-0.2, 0) is 7.05 Å². The fourth-order valence-electron chi connectivity index (χ4n) is 2.36. The van der Waals surface area contributed by atoms with Gasteiger partial charge >= 0.3 is 0 Å². The molecule has 0 bridgehead atoms. The van der Waals surface area contributed by atoms with Crippen molar-refractivity contribution in [2.24, 2.45) is 7.05 Å². The number of thiocarbonyl (C=S) groups is 1. The standard InChI is InChI=1S/C12H20N4S/c1-8-11(9(2)16(3)15-8)14-12(17)13-10-6-4-5-7-10/h10H,4-7H2,1-3H3,(H2,13,14,17). The minimum atomic E-state index is 0.548. The van der Waals surface area contributed by atoms with Crippen molar-refractivity contribution < 1.29 is 0 Å². The van der Waals surface area contributed by atoms with Crippen LogP contribution in [0.1, 0.15) is 37.1 Å². The van der Waals surface area contributed by atoms with Crippen LogP contribution in [0.4, 0.5) is 5.69 Å². The Labute approximate surface area is 108 Å². The molecule has 1 fully saturated rings. The van der Waals surface area contributed by atoms with Crippen LogP contribution in [0.5, 0.6) is 0 Å². The van der Waals surface area contributed by atoms with Gasteiger partial charge in [-0.2, -0.15) is 5.10 Å². The van der Waals surface area contributed by atoms with Gasteiger partial charge in [0.1, 0.15) is 0 Å². The van der Waals surface area contributed by atoms with E-state index in [0.717, 1.165) is 22.2 Å². The number of nitrogens with one attached hydrogen (secondary N) is 2. The highest BCUT2D eigenvalue weighted by molar-refractivity contribution is 7.80. The van der Waals surface area contributed by atoms with Crippen LogP contribution < -0.4 is 10.6 Å². The third kappa shape index (κ3) is 2.77. The highest BCUT2D eigenvalue weighted by atomic mass is 32.1. The van der Waals surface area contributed by atoms with Gasteiger partial charge in [-0.05, 0) is 38.9 Å². The number of nitrogens with zero attached hydrogens (tertiary/aromatic N) is 2. The Hall–Kier alpha value is -1.10. The van der Waals surface area contributed by atoms with Gasteiger partial charge in [-0.15, -0.1) is 0 Å². The van der Waals surface area contributed by atoms with Crippen LogP contribution in [0.15, 0.2) is 0 Å². The monoisotopic (exact) mass is 252 g/mol. The Bertz CT molecular complexity index is 418. The number of aryl methyl sites for hydroxylation is 2. The van der Waals surface area contributed by atoms with Gasteiger partial charge in [0, 0.05) is 13.1 Å². The van der Waals surface area contributed by atoms with Crippen LogP contribution in [0.25, 0.3) is 0 Å². The fourth-order valence-corrected chi connectivity index (χ4v) is 2.63. The van der Waals surface area contributed by atoms with E-state index in [2.05, 4.69) is 15.7 Å². The van der Waals surface area contributed by atoms with E-state index >= 15 is 0 Å². The van der Waals surface area contributed by atoms with Crippen LogP contribution in [0, 0.1) is 13.8 Å². The van der Waals surface area contributed by atoms with Crippen molar-refractivity contribution in [3.05, 3.63) is 11.4 Å². The van der Waals surface area contributed by atoms with Crippen molar-refractivity contribution in [3.63, 3.8) is 0 Å². The van der Waals surface area contributed by atoms with Crippen molar-refractivity contribution in [1.29, 1.82) is 0 Å². The van der Waals surface area contributed by atoms with Crippen molar-refractivity contribution in [3.8, 4) is 0 Å². The molecular formula is C12H20N4S. The zero-order valence-corrected chi connectivity index (χ0v) is 11.5. The molecule has 0 saturated heterocycles. The lowest BCUT2D eigenvalue weighted by molar-refractivity contribution is 0.634. The summed E-state index contributed by atoms with van der Waals surface area (Å²) in [7, 11) is 1.95. The summed E-state index contributed by atoms with van der Waals surface area (Å²) >= 11 is 5.34. The number of aromatic nitrogens is 2. The van der Waals surface area contributed by atoms with Gasteiger partial charge in [-0.25, -0.2) is 0 Å².